The number of hydrogen-bond acceptors (Lipinski definition) is 7. The lowest BCUT2D eigenvalue weighted by molar-refractivity contribution is 0.282. The van der Waals surface area contributed by atoms with Crippen LogP contribution in [0.3, 0.4) is 0 Å². The van der Waals surface area contributed by atoms with Crippen LogP contribution in [0.4, 0.5) is 16.4 Å². The number of para-hydroxylation sites is 2. The number of rotatable bonds is 4. The topological polar surface area (TPSA) is 61.8 Å². The Labute approximate surface area is 187 Å². The standard InChI is InChI=1S/C24H27N5OS/c1-16-26-22-23(27-20-5-3-4-6-21(20)28-24(22)31-16)29-14-13-25-18(15-29)10-7-17-8-11-19(30-2)12-9-17/h3-6,8-9,11-12,18,25,28H,7,10,13-15H2,1-2H3. The van der Waals surface area contributed by atoms with Gasteiger partial charge in [-0.05, 0) is 49.6 Å². The highest BCUT2D eigenvalue weighted by atomic mass is 32.1. The van der Waals surface area contributed by atoms with Crippen molar-refractivity contribution in [2.45, 2.75) is 25.8 Å². The van der Waals surface area contributed by atoms with Crippen LogP contribution in [0.5, 0.6) is 5.75 Å². The third-order valence-electron chi connectivity index (χ3n) is 5.82. The third kappa shape index (κ3) is 4.29. The molecule has 0 spiro atoms. The molecule has 1 aromatic heterocycles. The number of anilines is 2. The molecule has 0 aliphatic carbocycles. The predicted molar refractivity (Wildman–Crippen MR) is 127 cm³/mol. The number of aromatic nitrogens is 1. The van der Waals surface area contributed by atoms with E-state index < -0.39 is 0 Å². The first-order valence-corrected chi connectivity index (χ1v) is 11.5. The second kappa shape index (κ2) is 8.69. The zero-order valence-corrected chi connectivity index (χ0v) is 18.7. The summed E-state index contributed by atoms with van der Waals surface area (Å²) in [6.45, 7) is 4.85. The van der Waals surface area contributed by atoms with E-state index in [0.717, 1.165) is 71.1 Å². The van der Waals surface area contributed by atoms with E-state index in [1.54, 1.807) is 18.4 Å². The summed E-state index contributed by atoms with van der Waals surface area (Å²) < 4.78 is 5.27. The Morgan fingerprint density at radius 1 is 1.16 bits per heavy atom. The molecule has 2 N–H and O–H groups in total. The Balaban J connectivity index is 1.35. The van der Waals surface area contributed by atoms with Crippen molar-refractivity contribution in [3.63, 3.8) is 0 Å². The van der Waals surface area contributed by atoms with E-state index in [1.807, 2.05) is 24.3 Å². The number of amidine groups is 1. The maximum Gasteiger partial charge on any atom is 0.158 e. The Hall–Kier alpha value is -2.90. The van der Waals surface area contributed by atoms with Crippen molar-refractivity contribution in [3.8, 4) is 5.75 Å². The SMILES string of the molecule is COc1ccc(CCC2CN(C3=Nc4ccccc4Nc4sc(C)nc43)CCN2)cc1. The van der Waals surface area contributed by atoms with Crippen LogP contribution in [0.15, 0.2) is 53.5 Å². The number of benzene rings is 2. The summed E-state index contributed by atoms with van der Waals surface area (Å²) in [5.41, 5.74) is 4.30. The predicted octanol–water partition coefficient (Wildman–Crippen LogP) is 4.50. The minimum absolute atomic E-state index is 0.410. The molecule has 0 bridgehead atoms. The van der Waals surface area contributed by atoms with Gasteiger partial charge >= 0.3 is 0 Å². The smallest absolute Gasteiger partial charge is 0.158 e. The zero-order valence-electron chi connectivity index (χ0n) is 17.9. The molecule has 1 atom stereocenters. The summed E-state index contributed by atoms with van der Waals surface area (Å²) in [7, 11) is 1.70. The number of thiazole rings is 1. The molecule has 0 saturated carbocycles. The van der Waals surface area contributed by atoms with Crippen LogP contribution >= 0.6 is 11.3 Å². The fourth-order valence-corrected chi connectivity index (χ4v) is 5.02. The van der Waals surface area contributed by atoms with Crippen LogP contribution in [-0.2, 0) is 6.42 Å². The molecule has 3 aromatic rings. The van der Waals surface area contributed by atoms with E-state index in [2.05, 4.69) is 46.7 Å². The van der Waals surface area contributed by atoms with Crippen LogP contribution in [0.1, 0.15) is 22.7 Å². The van der Waals surface area contributed by atoms with Gasteiger partial charge in [0, 0.05) is 25.7 Å². The first kappa shape index (κ1) is 20.0. The molecule has 1 unspecified atom stereocenters. The Morgan fingerprint density at radius 2 is 2.00 bits per heavy atom. The summed E-state index contributed by atoms with van der Waals surface area (Å²) in [5, 5.41) is 9.37. The van der Waals surface area contributed by atoms with Crippen molar-refractivity contribution >= 4 is 33.5 Å². The molecular formula is C24H27N5OS. The van der Waals surface area contributed by atoms with E-state index in [0.29, 0.717) is 6.04 Å². The fourth-order valence-electron chi connectivity index (χ4n) is 4.19. The van der Waals surface area contributed by atoms with Crippen molar-refractivity contribution in [3.05, 3.63) is 64.8 Å². The van der Waals surface area contributed by atoms with Crippen LogP contribution in [-0.4, -0.2) is 48.5 Å². The first-order chi connectivity index (χ1) is 15.2. The molecular weight excluding hydrogens is 406 g/mol. The van der Waals surface area contributed by atoms with Gasteiger partial charge in [0.25, 0.3) is 0 Å². The van der Waals surface area contributed by atoms with Gasteiger partial charge in [-0.2, -0.15) is 0 Å². The Bertz CT molecular complexity index is 1090. The van der Waals surface area contributed by atoms with Crippen LogP contribution in [0, 0.1) is 6.92 Å². The van der Waals surface area contributed by atoms with E-state index in [-0.39, 0.29) is 0 Å². The second-order valence-electron chi connectivity index (χ2n) is 7.97. The molecule has 2 aliphatic heterocycles. The number of methoxy groups -OCH3 is 1. The fraction of sp³-hybridized carbons (Fsp3) is 0.333. The lowest BCUT2D eigenvalue weighted by Gasteiger charge is -2.35. The molecule has 6 nitrogen and oxygen atoms in total. The van der Waals surface area contributed by atoms with Gasteiger partial charge in [-0.25, -0.2) is 9.98 Å². The molecule has 31 heavy (non-hydrogen) atoms. The van der Waals surface area contributed by atoms with Crippen molar-refractivity contribution in [1.29, 1.82) is 0 Å². The lowest BCUT2D eigenvalue weighted by Crippen LogP contribution is -2.53. The number of fused-ring (bicyclic) bond motifs is 2. The number of hydrogen-bond donors (Lipinski definition) is 2. The molecule has 0 radical (unpaired) electrons. The molecule has 3 heterocycles. The molecule has 1 saturated heterocycles. The summed E-state index contributed by atoms with van der Waals surface area (Å²) >= 11 is 1.69. The van der Waals surface area contributed by atoms with Crippen molar-refractivity contribution in [2.24, 2.45) is 4.99 Å². The van der Waals surface area contributed by atoms with Crippen molar-refractivity contribution in [2.75, 3.05) is 32.1 Å². The molecule has 160 valence electrons. The molecule has 5 rings (SSSR count). The van der Waals surface area contributed by atoms with Gasteiger partial charge < -0.3 is 20.3 Å². The first-order valence-electron chi connectivity index (χ1n) is 10.7. The van der Waals surface area contributed by atoms with E-state index in [9.17, 15) is 0 Å². The average molecular weight is 434 g/mol. The largest absolute Gasteiger partial charge is 0.497 e. The number of aryl methyl sites for hydroxylation is 2. The van der Waals surface area contributed by atoms with Gasteiger partial charge in [-0.3, -0.25) is 0 Å². The van der Waals surface area contributed by atoms with Gasteiger partial charge in [0.15, 0.2) is 5.84 Å². The van der Waals surface area contributed by atoms with Gasteiger partial charge in [-0.15, -0.1) is 11.3 Å². The molecule has 0 amide bonds. The number of piperazine rings is 1. The second-order valence-corrected chi connectivity index (χ2v) is 9.18. The van der Waals surface area contributed by atoms with Crippen molar-refractivity contribution in [1.82, 2.24) is 15.2 Å². The summed E-state index contributed by atoms with van der Waals surface area (Å²) in [6, 6.07) is 17.0. The van der Waals surface area contributed by atoms with E-state index >= 15 is 0 Å². The van der Waals surface area contributed by atoms with Gasteiger partial charge in [0.05, 0.1) is 23.5 Å². The van der Waals surface area contributed by atoms with Gasteiger partial charge in [-0.1, -0.05) is 24.3 Å². The maximum absolute atomic E-state index is 5.27. The quantitative estimate of drug-likeness (QED) is 0.634. The van der Waals surface area contributed by atoms with Gasteiger partial charge in [0.1, 0.15) is 16.4 Å². The molecule has 7 heteroatoms. The molecule has 2 aromatic carbocycles. The highest BCUT2D eigenvalue weighted by Gasteiger charge is 2.28. The minimum atomic E-state index is 0.410. The summed E-state index contributed by atoms with van der Waals surface area (Å²) in [5.74, 6) is 1.88. The van der Waals surface area contributed by atoms with Gasteiger partial charge in [0.2, 0.25) is 0 Å². The van der Waals surface area contributed by atoms with Crippen LogP contribution < -0.4 is 15.4 Å². The van der Waals surface area contributed by atoms with Crippen molar-refractivity contribution < 1.29 is 4.74 Å². The zero-order chi connectivity index (χ0) is 21.2. The number of ether oxygens (including phenoxy) is 1. The van der Waals surface area contributed by atoms with E-state index in [4.69, 9.17) is 14.7 Å². The summed E-state index contributed by atoms with van der Waals surface area (Å²) in [4.78, 5) is 12.3. The van der Waals surface area contributed by atoms with Crippen LogP contribution in [0.2, 0.25) is 0 Å². The highest BCUT2D eigenvalue weighted by Crippen LogP contribution is 2.37. The van der Waals surface area contributed by atoms with Crippen LogP contribution in [0.25, 0.3) is 0 Å². The number of nitrogens with zero attached hydrogens (tertiary/aromatic N) is 3. The number of nitrogens with one attached hydrogen (secondary N) is 2. The highest BCUT2D eigenvalue weighted by molar-refractivity contribution is 7.16. The Kier molecular flexibility index (Phi) is 5.61. The lowest BCUT2D eigenvalue weighted by atomic mass is 10.0. The summed E-state index contributed by atoms with van der Waals surface area (Å²) in [6.07, 6.45) is 2.11. The maximum atomic E-state index is 5.27. The monoisotopic (exact) mass is 433 g/mol. The number of aliphatic imine (C=N–C) groups is 1. The van der Waals surface area contributed by atoms with E-state index in [1.165, 1.54) is 5.56 Å². The minimum Gasteiger partial charge on any atom is -0.497 e. The Morgan fingerprint density at radius 3 is 2.84 bits per heavy atom. The molecule has 1 fully saturated rings. The average Bonchev–Trinajstić information content (AvgIpc) is 3.09. The third-order valence-corrected chi connectivity index (χ3v) is 6.71. The molecule has 2 aliphatic rings. The normalized spacial score (nSPS) is 17.8.